The van der Waals surface area contributed by atoms with Crippen LogP contribution in [0.25, 0.3) is 0 Å². The number of β-amino-alcohol motifs (C(OH)–C–C–N with tert-alkyl or cyclic N) is 1. The molecule has 2 N–H and O–H groups in total. The first-order valence-electron chi connectivity index (χ1n) is 11.3. The highest BCUT2D eigenvalue weighted by atomic mass is 35.5. The van der Waals surface area contributed by atoms with Gasteiger partial charge in [-0.25, -0.2) is 9.18 Å². The van der Waals surface area contributed by atoms with Gasteiger partial charge >= 0.3 is 6.09 Å². The number of rotatable bonds is 2. The molecule has 1 aromatic rings. The number of amides is 2. The zero-order chi connectivity index (χ0) is 24.9. The van der Waals surface area contributed by atoms with Gasteiger partial charge in [0.1, 0.15) is 23.1 Å². The summed E-state index contributed by atoms with van der Waals surface area (Å²) in [5.74, 6) is -1.86. The van der Waals surface area contributed by atoms with Gasteiger partial charge in [0.15, 0.2) is 0 Å². The number of aryl methyl sites for hydroxylation is 1. The van der Waals surface area contributed by atoms with Crippen LogP contribution in [-0.4, -0.2) is 69.4 Å². The van der Waals surface area contributed by atoms with Crippen LogP contribution in [0.15, 0.2) is 12.1 Å². The Balaban J connectivity index is 1.83. The van der Waals surface area contributed by atoms with E-state index in [2.05, 4.69) is 0 Å². The standard InChI is InChI=1S/C24H34ClFN2O5/c1-13-7-16(25)8-18(26)20(13)24(32)14(2)10-27(11-15(24)3)21(30)19-9-17(29)12-28(19)22(31)33-23(4,5)6/h7-8,14-15,17,19,29,32H,9-12H2,1-6H3/t14-,15+,17-,19-,24?/m0/s1. The Morgan fingerprint density at radius 2 is 1.76 bits per heavy atom. The SMILES string of the molecule is Cc1cc(Cl)cc(F)c1C1(O)[C@H](C)CN(C(=O)[C@@H]2C[C@H](O)CN2C(=O)OC(C)(C)C)C[C@@H]1C. The van der Waals surface area contributed by atoms with Gasteiger partial charge in [0.05, 0.1) is 12.6 Å². The van der Waals surface area contributed by atoms with Gasteiger partial charge in [-0.15, -0.1) is 0 Å². The summed E-state index contributed by atoms with van der Waals surface area (Å²) >= 11 is 5.97. The Morgan fingerprint density at radius 3 is 2.27 bits per heavy atom. The highest BCUT2D eigenvalue weighted by Crippen LogP contribution is 2.44. The smallest absolute Gasteiger partial charge is 0.411 e. The molecule has 0 spiro atoms. The predicted octanol–water partition coefficient (Wildman–Crippen LogP) is 3.46. The summed E-state index contributed by atoms with van der Waals surface area (Å²) in [5.41, 5.74) is -1.47. The number of benzene rings is 1. The number of piperidine rings is 1. The molecule has 7 nitrogen and oxygen atoms in total. The van der Waals surface area contributed by atoms with Gasteiger partial charge in [-0.3, -0.25) is 9.69 Å². The molecule has 5 atom stereocenters. The Bertz CT molecular complexity index is 899. The van der Waals surface area contributed by atoms with Crippen molar-refractivity contribution in [2.24, 2.45) is 11.8 Å². The van der Waals surface area contributed by atoms with Crippen molar-refractivity contribution in [2.45, 2.75) is 71.3 Å². The van der Waals surface area contributed by atoms with Crippen molar-refractivity contribution in [1.29, 1.82) is 0 Å². The summed E-state index contributed by atoms with van der Waals surface area (Å²) in [7, 11) is 0. The number of aliphatic hydroxyl groups excluding tert-OH is 1. The van der Waals surface area contributed by atoms with Crippen molar-refractivity contribution >= 4 is 23.6 Å². The van der Waals surface area contributed by atoms with Crippen molar-refractivity contribution in [3.05, 3.63) is 34.1 Å². The van der Waals surface area contributed by atoms with Gasteiger partial charge in [-0.2, -0.15) is 0 Å². The summed E-state index contributed by atoms with van der Waals surface area (Å²) in [4.78, 5) is 29.0. The highest BCUT2D eigenvalue weighted by Gasteiger charge is 2.51. The van der Waals surface area contributed by atoms with Crippen LogP contribution in [0.5, 0.6) is 0 Å². The van der Waals surface area contributed by atoms with Crippen molar-refractivity contribution in [1.82, 2.24) is 9.80 Å². The lowest BCUT2D eigenvalue weighted by molar-refractivity contribution is -0.153. The highest BCUT2D eigenvalue weighted by molar-refractivity contribution is 6.30. The summed E-state index contributed by atoms with van der Waals surface area (Å²) in [5, 5.41) is 22.1. The molecule has 9 heteroatoms. The third-order valence-corrected chi connectivity index (χ3v) is 6.87. The van der Waals surface area contributed by atoms with E-state index in [0.29, 0.717) is 5.56 Å². The third kappa shape index (κ3) is 4.98. The van der Waals surface area contributed by atoms with Gasteiger partial charge in [0.25, 0.3) is 0 Å². The number of ether oxygens (including phenoxy) is 1. The van der Waals surface area contributed by atoms with Gasteiger partial charge in [0, 0.05) is 41.9 Å². The maximum absolute atomic E-state index is 14.9. The van der Waals surface area contributed by atoms with Crippen LogP contribution in [0.4, 0.5) is 9.18 Å². The minimum absolute atomic E-state index is 0.0172. The van der Waals surface area contributed by atoms with E-state index >= 15 is 0 Å². The molecule has 33 heavy (non-hydrogen) atoms. The van der Waals surface area contributed by atoms with Crippen LogP contribution in [-0.2, 0) is 15.1 Å². The number of likely N-dealkylation sites (tertiary alicyclic amines) is 2. The molecule has 2 aliphatic heterocycles. The van der Waals surface area contributed by atoms with Gasteiger partial charge in [0.2, 0.25) is 5.91 Å². The fourth-order valence-electron chi connectivity index (χ4n) is 5.16. The predicted molar refractivity (Wildman–Crippen MR) is 122 cm³/mol. The molecule has 0 saturated carbocycles. The second kappa shape index (κ2) is 9.04. The van der Waals surface area contributed by atoms with E-state index in [4.69, 9.17) is 16.3 Å². The van der Waals surface area contributed by atoms with Crippen LogP contribution in [0.2, 0.25) is 5.02 Å². The molecule has 184 valence electrons. The van der Waals surface area contributed by atoms with Gasteiger partial charge in [-0.05, 0) is 45.4 Å². The summed E-state index contributed by atoms with van der Waals surface area (Å²) in [6, 6.07) is 1.96. The number of nitrogens with zero attached hydrogens (tertiary/aromatic N) is 2. The minimum atomic E-state index is -1.49. The minimum Gasteiger partial charge on any atom is -0.444 e. The quantitative estimate of drug-likeness (QED) is 0.671. The topological polar surface area (TPSA) is 90.3 Å². The van der Waals surface area contributed by atoms with Crippen LogP contribution < -0.4 is 0 Å². The molecule has 3 rings (SSSR count). The number of carbonyl (C=O) groups is 2. The molecular weight excluding hydrogens is 451 g/mol. The van der Waals surface area contributed by atoms with E-state index in [1.54, 1.807) is 52.5 Å². The molecule has 1 unspecified atom stereocenters. The number of hydrogen-bond donors (Lipinski definition) is 2. The molecule has 0 aromatic heterocycles. The molecule has 2 amide bonds. The first-order valence-corrected chi connectivity index (χ1v) is 11.7. The lowest BCUT2D eigenvalue weighted by Crippen LogP contribution is -2.59. The second-order valence-electron chi connectivity index (χ2n) is 10.5. The van der Waals surface area contributed by atoms with E-state index in [-0.39, 0.29) is 42.5 Å². The number of carbonyl (C=O) groups excluding carboxylic acids is 2. The molecule has 2 fully saturated rings. The molecule has 1 aromatic carbocycles. The average Bonchev–Trinajstić information content (AvgIpc) is 3.05. The van der Waals surface area contributed by atoms with Crippen molar-refractivity contribution < 1.29 is 28.9 Å². The normalized spacial score (nSPS) is 30.5. The van der Waals surface area contributed by atoms with Crippen LogP contribution >= 0.6 is 11.6 Å². The van der Waals surface area contributed by atoms with Crippen molar-refractivity contribution in [3.8, 4) is 0 Å². The largest absolute Gasteiger partial charge is 0.444 e. The first kappa shape index (κ1) is 25.7. The van der Waals surface area contributed by atoms with Gasteiger partial charge < -0.3 is 19.8 Å². The Labute approximate surface area is 199 Å². The molecular formula is C24H34ClFN2O5. The lowest BCUT2D eigenvalue weighted by atomic mass is 9.69. The fourth-order valence-corrected chi connectivity index (χ4v) is 5.42. The lowest BCUT2D eigenvalue weighted by Gasteiger charge is -2.49. The van der Waals surface area contributed by atoms with E-state index in [1.165, 1.54) is 11.0 Å². The van der Waals surface area contributed by atoms with E-state index in [9.17, 15) is 24.2 Å². The molecule has 0 bridgehead atoms. The summed E-state index contributed by atoms with van der Waals surface area (Å²) in [6.07, 6.45) is -1.35. The average molecular weight is 485 g/mol. The number of aliphatic hydroxyl groups is 2. The maximum atomic E-state index is 14.9. The molecule has 2 heterocycles. The van der Waals surface area contributed by atoms with E-state index in [0.717, 1.165) is 0 Å². The zero-order valence-electron chi connectivity index (χ0n) is 20.1. The number of halogens is 2. The van der Waals surface area contributed by atoms with E-state index < -0.39 is 47.1 Å². The second-order valence-corrected chi connectivity index (χ2v) is 10.9. The zero-order valence-corrected chi connectivity index (χ0v) is 20.8. The Morgan fingerprint density at radius 1 is 1.18 bits per heavy atom. The van der Waals surface area contributed by atoms with E-state index in [1.807, 2.05) is 0 Å². The van der Waals surface area contributed by atoms with Gasteiger partial charge in [-0.1, -0.05) is 25.4 Å². The number of hydrogen-bond acceptors (Lipinski definition) is 5. The van der Waals surface area contributed by atoms with Crippen LogP contribution in [0, 0.1) is 24.6 Å². The monoisotopic (exact) mass is 484 g/mol. The molecule has 0 radical (unpaired) electrons. The summed E-state index contributed by atoms with van der Waals surface area (Å²) < 4.78 is 20.3. The van der Waals surface area contributed by atoms with Crippen molar-refractivity contribution in [2.75, 3.05) is 19.6 Å². The first-order chi connectivity index (χ1) is 15.1. The van der Waals surface area contributed by atoms with Crippen molar-refractivity contribution in [3.63, 3.8) is 0 Å². The third-order valence-electron chi connectivity index (χ3n) is 6.65. The maximum Gasteiger partial charge on any atom is 0.411 e. The summed E-state index contributed by atoms with van der Waals surface area (Å²) in [6.45, 7) is 10.8. The Kier molecular flexibility index (Phi) is 7.05. The molecule has 0 aliphatic carbocycles. The molecule has 2 aliphatic rings. The Hall–Kier alpha value is -1.90. The van der Waals surface area contributed by atoms with Crippen LogP contribution in [0.3, 0.4) is 0 Å². The van der Waals surface area contributed by atoms with Crippen LogP contribution in [0.1, 0.15) is 52.2 Å². The fraction of sp³-hybridized carbons (Fsp3) is 0.667. The molecule has 2 saturated heterocycles.